The highest BCUT2D eigenvalue weighted by Crippen LogP contribution is 2.03. The SMILES string of the molecule is CNC(=O)CNC(=O)c1cc(=O)n(-c2ccccc2)[nH]1. The number of aromatic nitrogens is 2. The zero-order valence-corrected chi connectivity index (χ0v) is 10.8. The number of carbonyl (C=O) groups is 2. The third-order valence-electron chi connectivity index (χ3n) is 2.67. The number of aromatic amines is 1. The first-order chi connectivity index (χ1) is 9.61. The Labute approximate surface area is 114 Å². The van der Waals surface area contributed by atoms with E-state index in [1.807, 2.05) is 6.07 Å². The second-order valence-corrected chi connectivity index (χ2v) is 4.03. The quantitative estimate of drug-likeness (QED) is 0.710. The molecule has 20 heavy (non-hydrogen) atoms. The molecular formula is C13H14N4O3. The second-order valence-electron chi connectivity index (χ2n) is 4.03. The Morgan fingerprint density at radius 2 is 1.95 bits per heavy atom. The molecule has 0 bridgehead atoms. The molecule has 0 unspecified atom stereocenters. The molecule has 2 amide bonds. The van der Waals surface area contributed by atoms with Gasteiger partial charge in [0.2, 0.25) is 5.91 Å². The van der Waals surface area contributed by atoms with Gasteiger partial charge in [-0.25, -0.2) is 4.68 Å². The van der Waals surface area contributed by atoms with Gasteiger partial charge in [-0.15, -0.1) is 0 Å². The molecule has 7 heteroatoms. The second kappa shape index (κ2) is 5.87. The van der Waals surface area contributed by atoms with Crippen LogP contribution >= 0.6 is 0 Å². The highest BCUT2D eigenvalue weighted by atomic mass is 16.2. The van der Waals surface area contributed by atoms with Crippen LogP contribution < -0.4 is 16.2 Å². The van der Waals surface area contributed by atoms with E-state index < -0.39 is 5.91 Å². The zero-order valence-electron chi connectivity index (χ0n) is 10.8. The van der Waals surface area contributed by atoms with Crippen LogP contribution in [0.5, 0.6) is 0 Å². The van der Waals surface area contributed by atoms with Gasteiger partial charge in [0, 0.05) is 13.1 Å². The van der Waals surface area contributed by atoms with Crippen molar-refractivity contribution >= 4 is 11.8 Å². The van der Waals surface area contributed by atoms with E-state index in [0.717, 1.165) is 0 Å². The van der Waals surface area contributed by atoms with Crippen LogP contribution in [0.25, 0.3) is 5.69 Å². The van der Waals surface area contributed by atoms with Gasteiger partial charge >= 0.3 is 0 Å². The van der Waals surface area contributed by atoms with Crippen LogP contribution in [0.2, 0.25) is 0 Å². The van der Waals surface area contributed by atoms with Crippen molar-refractivity contribution in [1.29, 1.82) is 0 Å². The number of rotatable bonds is 4. The van der Waals surface area contributed by atoms with Gasteiger partial charge in [0.1, 0.15) is 5.69 Å². The maximum Gasteiger partial charge on any atom is 0.271 e. The molecule has 7 nitrogen and oxygen atoms in total. The molecule has 104 valence electrons. The molecule has 1 aromatic heterocycles. The first kappa shape index (κ1) is 13.6. The summed E-state index contributed by atoms with van der Waals surface area (Å²) in [6.07, 6.45) is 0. The van der Waals surface area contributed by atoms with Crippen molar-refractivity contribution in [2.24, 2.45) is 0 Å². The Morgan fingerprint density at radius 3 is 2.60 bits per heavy atom. The number of likely N-dealkylation sites (N-methyl/N-ethyl adjacent to an activating group) is 1. The number of nitrogens with one attached hydrogen (secondary N) is 3. The monoisotopic (exact) mass is 274 g/mol. The summed E-state index contributed by atoms with van der Waals surface area (Å²) in [5.41, 5.74) is 0.381. The molecule has 0 aliphatic carbocycles. The average molecular weight is 274 g/mol. The largest absolute Gasteiger partial charge is 0.358 e. The number of para-hydroxylation sites is 1. The fourth-order valence-electron chi connectivity index (χ4n) is 1.63. The predicted octanol–water partition coefficient (Wildman–Crippen LogP) is -0.359. The summed E-state index contributed by atoms with van der Waals surface area (Å²) in [4.78, 5) is 34.6. The first-order valence-electron chi connectivity index (χ1n) is 5.98. The van der Waals surface area contributed by atoms with E-state index >= 15 is 0 Å². The summed E-state index contributed by atoms with van der Waals surface area (Å²) in [5, 5.41) is 7.49. The maximum absolute atomic E-state index is 11.8. The van der Waals surface area contributed by atoms with Crippen LogP contribution in [-0.4, -0.2) is 35.2 Å². The summed E-state index contributed by atoms with van der Waals surface area (Å²) in [6, 6.07) is 10.1. The molecule has 0 radical (unpaired) electrons. The summed E-state index contributed by atoms with van der Waals surface area (Å²) in [7, 11) is 1.47. The third-order valence-corrected chi connectivity index (χ3v) is 2.67. The smallest absolute Gasteiger partial charge is 0.271 e. The molecule has 2 rings (SSSR count). The molecule has 0 fully saturated rings. The van der Waals surface area contributed by atoms with Crippen molar-refractivity contribution in [1.82, 2.24) is 20.4 Å². The van der Waals surface area contributed by atoms with Crippen molar-refractivity contribution in [2.45, 2.75) is 0 Å². The number of nitrogens with zero attached hydrogens (tertiary/aromatic N) is 1. The Hall–Kier alpha value is -2.83. The first-order valence-corrected chi connectivity index (χ1v) is 5.98. The molecule has 0 aliphatic heterocycles. The lowest BCUT2D eigenvalue weighted by Crippen LogP contribution is -2.35. The number of benzene rings is 1. The van der Waals surface area contributed by atoms with Crippen LogP contribution in [0.3, 0.4) is 0 Å². The van der Waals surface area contributed by atoms with E-state index in [1.165, 1.54) is 17.8 Å². The minimum absolute atomic E-state index is 0.0998. The topological polar surface area (TPSA) is 96.0 Å². The number of carbonyl (C=O) groups excluding carboxylic acids is 2. The van der Waals surface area contributed by atoms with Crippen molar-refractivity contribution in [3.05, 3.63) is 52.4 Å². The molecule has 3 N–H and O–H groups in total. The normalized spacial score (nSPS) is 10.1. The van der Waals surface area contributed by atoms with E-state index in [2.05, 4.69) is 15.7 Å². The fraction of sp³-hybridized carbons (Fsp3) is 0.154. The molecule has 1 heterocycles. The Kier molecular flexibility index (Phi) is 3.99. The van der Waals surface area contributed by atoms with Crippen LogP contribution in [-0.2, 0) is 4.79 Å². The van der Waals surface area contributed by atoms with Gasteiger partial charge in [-0.2, -0.15) is 0 Å². The van der Waals surface area contributed by atoms with Crippen LogP contribution in [0.15, 0.2) is 41.2 Å². The van der Waals surface area contributed by atoms with E-state index in [1.54, 1.807) is 24.3 Å². The fourth-order valence-corrected chi connectivity index (χ4v) is 1.63. The highest BCUT2D eigenvalue weighted by Gasteiger charge is 2.12. The minimum Gasteiger partial charge on any atom is -0.358 e. The molecule has 0 saturated heterocycles. The molecule has 0 aliphatic rings. The third kappa shape index (κ3) is 2.94. The van der Waals surface area contributed by atoms with Gasteiger partial charge < -0.3 is 10.6 Å². The maximum atomic E-state index is 11.8. The summed E-state index contributed by atoms with van der Waals surface area (Å²) >= 11 is 0. The molecule has 0 atom stereocenters. The molecular weight excluding hydrogens is 260 g/mol. The summed E-state index contributed by atoms with van der Waals surface area (Å²) in [6.45, 7) is -0.145. The van der Waals surface area contributed by atoms with Gasteiger partial charge in [-0.3, -0.25) is 19.5 Å². The molecule has 0 saturated carbocycles. The predicted molar refractivity (Wildman–Crippen MR) is 72.8 cm³/mol. The summed E-state index contributed by atoms with van der Waals surface area (Å²) in [5.74, 6) is -0.830. The van der Waals surface area contributed by atoms with Gasteiger partial charge in [-0.1, -0.05) is 18.2 Å². The Balaban J connectivity index is 2.17. The molecule has 2 aromatic rings. The Bertz CT molecular complexity index is 672. The van der Waals surface area contributed by atoms with E-state index in [-0.39, 0.29) is 23.7 Å². The average Bonchev–Trinajstić information content (AvgIpc) is 2.87. The lowest BCUT2D eigenvalue weighted by molar-refractivity contribution is -0.119. The standard InChI is InChI=1S/C13H14N4O3/c1-14-11(18)8-15-13(20)10-7-12(19)17(16-10)9-5-3-2-4-6-9/h2-7,16H,8H2,1H3,(H,14,18)(H,15,20). The minimum atomic E-state index is -0.514. The zero-order chi connectivity index (χ0) is 14.5. The summed E-state index contributed by atoms with van der Waals surface area (Å²) < 4.78 is 1.26. The number of hydrogen-bond donors (Lipinski definition) is 3. The van der Waals surface area contributed by atoms with Crippen molar-refractivity contribution in [3.8, 4) is 5.69 Å². The number of hydrogen-bond acceptors (Lipinski definition) is 3. The molecule has 0 spiro atoms. The van der Waals surface area contributed by atoms with E-state index in [0.29, 0.717) is 5.69 Å². The van der Waals surface area contributed by atoms with Crippen LogP contribution in [0, 0.1) is 0 Å². The highest BCUT2D eigenvalue weighted by molar-refractivity contribution is 5.94. The van der Waals surface area contributed by atoms with Gasteiger partial charge in [-0.05, 0) is 12.1 Å². The lowest BCUT2D eigenvalue weighted by Gasteiger charge is -2.03. The van der Waals surface area contributed by atoms with Gasteiger partial charge in [0.25, 0.3) is 11.5 Å². The van der Waals surface area contributed by atoms with Crippen LogP contribution in [0.1, 0.15) is 10.5 Å². The van der Waals surface area contributed by atoms with E-state index in [9.17, 15) is 14.4 Å². The Morgan fingerprint density at radius 1 is 1.25 bits per heavy atom. The molecule has 1 aromatic carbocycles. The number of H-pyrrole nitrogens is 1. The van der Waals surface area contributed by atoms with E-state index in [4.69, 9.17) is 0 Å². The lowest BCUT2D eigenvalue weighted by atomic mass is 10.3. The van der Waals surface area contributed by atoms with Crippen molar-refractivity contribution < 1.29 is 9.59 Å². The van der Waals surface area contributed by atoms with Crippen molar-refractivity contribution in [3.63, 3.8) is 0 Å². The number of amides is 2. The van der Waals surface area contributed by atoms with Gasteiger partial charge in [0.15, 0.2) is 0 Å². The van der Waals surface area contributed by atoms with Crippen molar-refractivity contribution in [2.75, 3.05) is 13.6 Å². The van der Waals surface area contributed by atoms with Gasteiger partial charge in [0.05, 0.1) is 12.2 Å². The van der Waals surface area contributed by atoms with Crippen LogP contribution in [0.4, 0.5) is 0 Å².